The Hall–Kier alpha value is -1.12. The summed E-state index contributed by atoms with van der Waals surface area (Å²) in [5.74, 6) is 0.141. The summed E-state index contributed by atoms with van der Waals surface area (Å²) in [6.45, 7) is 2.09. The number of Topliss-reactive ketones (excluding diaryl/α,β-unsaturated/α-hetero) is 1. The van der Waals surface area contributed by atoms with E-state index in [0.717, 1.165) is 16.9 Å². The van der Waals surface area contributed by atoms with Gasteiger partial charge in [0.1, 0.15) is 0 Å². The van der Waals surface area contributed by atoms with Crippen molar-refractivity contribution in [2.75, 3.05) is 0 Å². The second-order valence-electron chi connectivity index (χ2n) is 3.81. The highest BCUT2D eigenvalue weighted by Gasteiger charge is 2.11. The number of halogens is 1. The van der Waals surface area contributed by atoms with Crippen molar-refractivity contribution in [1.29, 1.82) is 0 Å². The van der Waals surface area contributed by atoms with Crippen molar-refractivity contribution in [3.8, 4) is 0 Å². The lowest BCUT2D eigenvalue weighted by Gasteiger charge is -2.01. The molecule has 0 saturated heterocycles. The molecule has 3 heteroatoms. The largest absolute Gasteiger partial charge is 0.293 e. The molecule has 0 spiro atoms. The maximum Gasteiger partial charge on any atom is 0.177 e. The molecule has 0 aliphatic heterocycles. The Kier molecular flexibility index (Phi) is 3.97. The van der Waals surface area contributed by atoms with Crippen LogP contribution in [0.4, 0.5) is 0 Å². The van der Waals surface area contributed by atoms with Gasteiger partial charge in [0, 0.05) is 16.3 Å². The maximum atomic E-state index is 12.0. The Morgan fingerprint density at radius 2 is 2.00 bits per heavy atom. The van der Waals surface area contributed by atoms with Crippen LogP contribution in [0.25, 0.3) is 0 Å². The van der Waals surface area contributed by atoms with Crippen LogP contribution in [0.2, 0.25) is 5.02 Å². The van der Waals surface area contributed by atoms with E-state index in [0.29, 0.717) is 11.4 Å². The minimum atomic E-state index is 0.141. The Morgan fingerprint density at radius 1 is 1.24 bits per heavy atom. The number of rotatable bonds is 4. The first-order valence-corrected chi connectivity index (χ1v) is 6.75. The summed E-state index contributed by atoms with van der Waals surface area (Å²) >= 11 is 7.61. The molecule has 0 unspecified atom stereocenters. The molecule has 1 aromatic heterocycles. The van der Waals surface area contributed by atoms with Crippen LogP contribution in [-0.2, 0) is 12.8 Å². The van der Waals surface area contributed by atoms with Gasteiger partial charge in [-0.15, -0.1) is 11.3 Å². The van der Waals surface area contributed by atoms with E-state index >= 15 is 0 Å². The molecule has 0 radical (unpaired) electrons. The molecule has 0 bridgehead atoms. The lowest BCUT2D eigenvalue weighted by Crippen LogP contribution is -2.01. The summed E-state index contributed by atoms with van der Waals surface area (Å²) in [7, 11) is 0. The van der Waals surface area contributed by atoms with Crippen molar-refractivity contribution in [2.24, 2.45) is 0 Å². The molecule has 17 heavy (non-hydrogen) atoms. The molecular weight excluding hydrogens is 252 g/mol. The van der Waals surface area contributed by atoms with E-state index in [1.54, 1.807) is 11.3 Å². The fourth-order valence-electron chi connectivity index (χ4n) is 1.62. The standard InChI is InChI=1S/C14H13ClOS/c1-2-11-7-8-14(17-11)13(16)9-10-5-3-4-6-12(10)15/h3-8H,2,9H2,1H3. The van der Waals surface area contributed by atoms with Crippen molar-refractivity contribution in [3.05, 3.63) is 56.7 Å². The van der Waals surface area contributed by atoms with Crippen LogP contribution < -0.4 is 0 Å². The molecule has 1 aromatic carbocycles. The van der Waals surface area contributed by atoms with Gasteiger partial charge in [0.05, 0.1) is 4.88 Å². The van der Waals surface area contributed by atoms with E-state index in [2.05, 4.69) is 6.92 Å². The Bertz CT molecular complexity index is 531. The average molecular weight is 265 g/mol. The van der Waals surface area contributed by atoms with Crippen LogP contribution in [-0.4, -0.2) is 5.78 Å². The molecule has 0 N–H and O–H groups in total. The molecule has 0 aliphatic carbocycles. The van der Waals surface area contributed by atoms with Gasteiger partial charge in [-0.25, -0.2) is 0 Å². The number of ketones is 1. The first kappa shape index (κ1) is 12.3. The van der Waals surface area contributed by atoms with Gasteiger partial charge >= 0.3 is 0 Å². The lowest BCUT2D eigenvalue weighted by atomic mass is 10.1. The van der Waals surface area contributed by atoms with Crippen LogP contribution >= 0.6 is 22.9 Å². The third-order valence-corrected chi connectivity index (χ3v) is 4.23. The Morgan fingerprint density at radius 3 is 2.65 bits per heavy atom. The summed E-state index contributed by atoms with van der Waals surface area (Å²) < 4.78 is 0. The van der Waals surface area contributed by atoms with E-state index in [1.165, 1.54) is 4.88 Å². The van der Waals surface area contributed by atoms with E-state index in [4.69, 9.17) is 11.6 Å². The van der Waals surface area contributed by atoms with Gasteiger partial charge in [0.25, 0.3) is 0 Å². The third-order valence-electron chi connectivity index (χ3n) is 2.59. The molecule has 1 heterocycles. The summed E-state index contributed by atoms with van der Waals surface area (Å²) in [6, 6.07) is 11.4. The lowest BCUT2D eigenvalue weighted by molar-refractivity contribution is 0.0997. The third kappa shape index (κ3) is 2.96. The summed E-state index contributed by atoms with van der Waals surface area (Å²) in [6.07, 6.45) is 1.35. The molecule has 1 nitrogen and oxygen atoms in total. The van der Waals surface area contributed by atoms with E-state index in [1.807, 2.05) is 36.4 Å². The molecule has 0 amide bonds. The summed E-state index contributed by atoms with van der Waals surface area (Å²) in [5.41, 5.74) is 0.894. The van der Waals surface area contributed by atoms with Crippen LogP contribution in [0.5, 0.6) is 0 Å². The Labute approximate surface area is 110 Å². The predicted octanol–water partition coefficient (Wildman–Crippen LogP) is 4.39. The van der Waals surface area contributed by atoms with Gasteiger partial charge in [0.2, 0.25) is 0 Å². The van der Waals surface area contributed by atoms with Gasteiger partial charge in [0.15, 0.2) is 5.78 Å². The SMILES string of the molecule is CCc1ccc(C(=O)Cc2ccccc2Cl)s1. The smallest absolute Gasteiger partial charge is 0.177 e. The molecule has 0 saturated carbocycles. The highest BCUT2D eigenvalue weighted by Crippen LogP contribution is 2.21. The number of carbonyl (C=O) groups excluding carboxylic acids is 1. The maximum absolute atomic E-state index is 12.0. The highest BCUT2D eigenvalue weighted by atomic mass is 35.5. The van der Waals surface area contributed by atoms with E-state index in [9.17, 15) is 4.79 Å². The predicted molar refractivity (Wildman–Crippen MR) is 73.2 cm³/mol. The minimum absolute atomic E-state index is 0.141. The van der Waals surface area contributed by atoms with Crippen molar-refractivity contribution < 1.29 is 4.79 Å². The first-order valence-electron chi connectivity index (χ1n) is 5.56. The number of benzene rings is 1. The monoisotopic (exact) mass is 264 g/mol. The number of carbonyl (C=O) groups is 1. The zero-order valence-corrected chi connectivity index (χ0v) is 11.1. The quantitative estimate of drug-likeness (QED) is 0.749. The zero-order valence-electron chi connectivity index (χ0n) is 9.57. The van der Waals surface area contributed by atoms with E-state index < -0.39 is 0 Å². The second-order valence-corrected chi connectivity index (χ2v) is 5.39. The fourth-order valence-corrected chi connectivity index (χ4v) is 2.71. The molecular formula is C14H13ClOS. The highest BCUT2D eigenvalue weighted by molar-refractivity contribution is 7.14. The van der Waals surface area contributed by atoms with Gasteiger partial charge in [-0.2, -0.15) is 0 Å². The fraction of sp³-hybridized carbons (Fsp3) is 0.214. The molecule has 2 aromatic rings. The van der Waals surface area contributed by atoms with Crippen LogP contribution in [0, 0.1) is 0 Å². The molecule has 0 fully saturated rings. The van der Waals surface area contributed by atoms with Crippen LogP contribution in [0.15, 0.2) is 36.4 Å². The first-order chi connectivity index (χ1) is 8.20. The van der Waals surface area contributed by atoms with Gasteiger partial charge in [-0.05, 0) is 30.2 Å². The molecule has 0 atom stereocenters. The normalized spacial score (nSPS) is 10.5. The summed E-state index contributed by atoms with van der Waals surface area (Å²) in [5, 5.41) is 0.660. The number of hydrogen-bond donors (Lipinski definition) is 0. The van der Waals surface area contributed by atoms with Gasteiger partial charge in [-0.1, -0.05) is 36.7 Å². The minimum Gasteiger partial charge on any atom is -0.293 e. The summed E-state index contributed by atoms with van der Waals surface area (Å²) in [4.78, 5) is 14.1. The van der Waals surface area contributed by atoms with Crippen LogP contribution in [0.3, 0.4) is 0 Å². The molecule has 88 valence electrons. The zero-order chi connectivity index (χ0) is 12.3. The van der Waals surface area contributed by atoms with Crippen LogP contribution in [0.1, 0.15) is 27.0 Å². The molecule has 2 rings (SSSR count). The topological polar surface area (TPSA) is 17.1 Å². The van der Waals surface area contributed by atoms with Crippen molar-refractivity contribution >= 4 is 28.7 Å². The van der Waals surface area contributed by atoms with Crippen molar-refractivity contribution in [3.63, 3.8) is 0 Å². The van der Waals surface area contributed by atoms with Crippen molar-refractivity contribution in [1.82, 2.24) is 0 Å². The number of aryl methyl sites for hydroxylation is 1. The Balaban J connectivity index is 2.14. The second kappa shape index (κ2) is 5.48. The van der Waals surface area contributed by atoms with E-state index in [-0.39, 0.29) is 5.78 Å². The number of hydrogen-bond acceptors (Lipinski definition) is 2. The number of thiophene rings is 1. The van der Waals surface area contributed by atoms with Crippen molar-refractivity contribution in [2.45, 2.75) is 19.8 Å². The van der Waals surface area contributed by atoms with Gasteiger partial charge < -0.3 is 0 Å². The van der Waals surface area contributed by atoms with Gasteiger partial charge in [-0.3, -0.25) is 4.79 Å². The molecule has 0 aliphatic rings. The average Bonchev–Trinajstić information content (AvgIpc) is 2.81.